The van der Waals surface area contributed by atoms with Gasteiger partial charge in [0, 0.05) is 17.2 Å². The number of aryl methyl sites for hydroxylation is 8. The maximum atomic E-state index is 6.86. The molecule has 78 heavy (non-hydrogen) atoms. The fourth-order valence-electron chi connectivity index (χ4n) is 10.8. The first kappa shape index (κ1) is 61.8. The Morgan fingerprint density at radius 1 is 0.436 bits per heavy atom. The zero-order valence-corrected chi connectivity index (χ0v) is 51.6. The smallest absolute Gasteiger partial charge is 1.00 e. The standard InChI is InChI=1S/C46H44O4P2.C19H26N2O2.2ClH.Ru/c1-27-13-28(2)18-35(17-27)51(36-19-29(3)14-30(4)20-36)41-11-9-39-45(49-25-47-39)43(41)44-42(12-10-40-46(44)50-26-48-40)52(37-21-31(5)15-32(6)22-37)38-23-33(7)16-34(8)24-38;1-13(2)18(20)19(21,14-5-9-16(22-3)10-6-14)15-7-11-17(23-4)12-8-15;;;/h9-24H,25-26H2,1-8H3;5-13,18H,20-21H2,1-4H3;2*1H;/q;;;;+2/p-2/t;18-;;;/m.1.../s1. The van der Waals surface area contributed by atoms with E-state index in [1.807, 2.05) is 48.5 Å². The normalized spacial score (nSPS) is 12.5. The molecule has 13 heteroatoms. The Kier molecular flexibility index (Phi) is 20.8. The Morgan fingerprint density at radius 3 is 0.974 bits per heavy atom. The summed E-state index contributed by atoms with van der Waals surface area (Å²) in [6, 6.07) is 52.0. The second kappa shape index (κ2) is 26.2. The molecule has 0 aliphatic carbocycles. The molecule has 4 N–H and O–H groups in total. The minimum absolute atomic E-state index is 0. The molecule has 2 aliphatic heterocycles. The van der Waals surface area contributed by atoms with Crippen LogP contribution in [-0.4, -0.2) is 33.8 Å². The molecular weight excluding hydrogens is 1140 g/mol. The van der Waals surface area contributed by atoms with Crippen LogP contribution in [0.25, 0.3) is 11.1 Å². The van der Waals surface area contributed by atoms with E-state index in [4.69, 9.17) is 39.9 Å². The van der Waals surface area contributed by atoms with Crippen LogP contribution in [-0.2, 0) is 25.0 Å². The third-order valence-corrected chi connectivity index (χ3v) is 18.8. The number of hydrogen-bond donors (Lipinski definition) is 2. The Hall–Kier alpha value is -5.46. The van der Waals surface area contributed by atoms with Gasteiger partial charge in [0.25, 0.3) is 0 Å². The maximum absolute atomic E-state index is 6.86. The summed E-state index contributed by atoms with van der Waals surface area (Å²) in [6.07, 6.45) is 0. The van der Waals surface area contributed by atoms with Crippen LogP contribution in [0.4, 0.5) is 0 Å². The molecule has 0 amide bonds. The number of benzene rings is 8. The van der Waals surface area contributed by atoms with Crippen molar-refractivity contribution in [3.63, 3.8) is 0 Å². The number of hydrogen-bond acceptors (Lipinski definition) is 8. The molecule has 10 rings (SSSR count). The average Bonchev–Trinajstić information content (AvgIpc) is 4.06. The van der Waals surface area contributed by atoms with Gasteiger partial charge in [-0.05, 0) is 169 Å². The summed E-state index contributed by atoms with van der Waals surface area (Å²) in [4.78, 5) is 0. The molecule has 0 saturated heterocycles. The molecule has 0 unspecified atom stereocenters. The third kappa shape index (κ3) is 12.9. The Morgan fingerprint density at radius 2 is 0.718 bits per heavy atom. The molecule has 2 heterocycles. The van der Waals surface area contributed by atoms with Crippen molar-refractivity contribution in [2.45, 2.75) is 80.8 Å². The molecule has 0 spiro atoms. The first-order valence-corrected chi connectivity index (χ1v) is 28.3. The molecular formula is C65H70Cl2N2O6P2Ru. The van der Waals surface area contributed by atoms with Crippen LogP contribution < -0.4 is 96.5 Å². The molecule has 0 saturated carbocycles. The van der Waals surface area contributed by atoms with Gasteiger partial charge in [-0.1, -0.05) is 155 Å². The van der Waals surface area contributed by atoms with Gasteiger partial charge in [0.1, 0.15) is 11.5 Å². The van der Waals surface area contributed by atoms with Crippen molar-refractivity contribution in [3.05, 3.63) is 201 Å². The molecule has 8 nitrogen and oxygen atoms in total. The summed E-state index contributed by atoms with van der Waals surface area (Å²) in [7, 11) is 1.19. The Labute approximate surface area is 490 Å². The van der Waals surface area contributed by atoms with Gasteiger partial charge in [-0.25, -0.2) is 0 Å². The first-order chi connectivity index (χ1) is 35.9. The van der Waals surface area contributed by atoms with Gasteiger partial charge in [0.15, 0.2) is 23.0 Å². The number of rotatable bonds is 13. The average molecular weight is 1210 g/mol. The van der Waals surface area contributed by atoms with E-state index in [1.54, 1.807) is 14.2 Å². The minimum atomic E-state index is -1.05. The van der Waals surface area contributed by atoms with Crippen molar-refractivity contribution in [2.75, 3.05) is 27.8 Å². The van der Waals surface area contributed by atoms with E-state index in [0.29, 0.717) is 0 Å². The van der Waals surface area contributed by atoms with Crippen LogP contribution in [0.2, 0.25) is 0 Å². The van der Waals surface area contributed by atoms with E-state index < -0.39 is 21.4 Å². The van der Waals surface area contributed by atoms with E-state index >= 15 is 0 Å². The Balaban J connectivity index is 0.000000321. The number of methoxy groups -OCH3 is 2. The number of halogens is 2. The molecule has 2 aliphatic rings. The molecule has 0 fully saturated rings. The fraction of sp³-hybridized carbons (Fsp3) is 0.262. The van der Waals surface area contributed by atoms with Crippen LogP contribution in [0.1, 0.15) is 69.5 Å². The van der Waals surface area contributed by atoms with Crippen molar-refractivity contribution in [2.24, 2.45) is 17.4 Å². The molecule has 408 valence electrons. The SMILES string of the molecule is COc1ccc(C(N)(c2ccc(OC)cc2)[C@H](N)C(C)C)cc1.Cc1cc(C)cc(P(c2cc(C)cc(C)c2)c2ccc3c(c2-c2c(P(c4cc(C)cc(C)c4)c4cc(C)cc(C)c4)ccc4c2OCO4)OCO3)c1.[Cl-].[Cl-].[Ru+2]. The second-order valence-corrected chi connectivity index (χ2v) is 24.9. The van der Waals surface area contributed by atoms with Gasteiger partial charge in [-0.2, -0.15) is 0 Å². The molecule has 0 aromatic heterocycles. The van der Waals surface area contributed by atoms with Gasteiger partial charge in [-0.15, -0.1) is 0 Å². The summed E-state index contributed by atoms with van der Waals surface area (Å²) in [6.45, 7) is 22.1. The largest absolute Gasteiger partial charge is 2.00 e. The van der Waals surface area contributed by atoms with Crippen molar-refractivity contribution >= 4 is 47.7 Å². The summed E-state index contributed by atoms with van der Waals surface area (Å²) in [5.41, 5.74) is 26.6. The quantitative estimate of drug-likeness (QED) is 0.112. The fourth-order valence-corrected chi connectivity index (χ4v) is 16.5. The molecule has 1 atom stereocenters. The Bertz CT molecular complexity index is 3000. The molecule has 0 bridgehead atoms. The van der Waals surface area contributed by atoms with E-state index in [2.05, 4.69) is 166 Å². The van der Waals surface area contributed by atoms with Crippen molar-refractivity contribution in [1.82, 2.24) is 0 Å². The molecule has 8 aromatic rings. The van der Waals surface area contributed by atoms with Gasteiger partial charge in [0.05, 0.1) is 19.8 Å². The number of fused-ring (bicyclic) bond motifs is 2. The minimum Gasteiger partial charge on any atom is -1.00 e. The van der Waals surface area contributed by atoms with E-state index in [-0.39, 0.29) is 69.8 Å². The van der Waals surface area contributed by atoms with Crippen LogP contribution in [0.15, 0.2) is 146 Å². The topological polar surface area (TPSA) is 107 Å². The molecule has 0 radical (unpaired) electrons. The first-order valence-electron chi connectivity index (χ1n) is 25.6. The van der Waals surface area contributed by atoms with Crippen molar-refractivity contribution in [3.8, 4) is 45.6 Å². The van der Waals surface area contributed by atoms with Gasteiger partial charge in [-0.3, -0.25) is 0 Å². The summed E-state index contributed by atoms with van der Waals surface area (Å²) in [5.74, 6) is 4.84. The van der Waals surface area contributed by atoms with Crippen molar-refractivity contribution in [1.29, 1.82) is 0 Å². The van der Waals surface area contributed by atoms with Crippen LogP contribution in [0.3, 0.4) is 0 Å². The van der Waals surface area contributed by atoms with Gasteiger partial charge >= 0.3 is 19.5 Å². The number of nitrogens with two attached hydrogens (primary N) is 2. The third-order valence-electron chi connectivity index (χ3n) is 14.0. The predicted molar refractivity (Wildman–Crippen MR) is 313 cm³/mol. The van der Waals surface area contributed by atoms with Gasteiger partial charge in [0.2, 0.25) is 13.6 Å². The predicted octanol–water partition coefficient (Wildman–Crippen LogP) is 5.69. The van der Waals surface area contributed by atoms with E-state index in [0.717, 1.165) is 56.8 Å². The number of ether oxygens (including phenoxy) is 6. The van der Waals surface area contributed by atoms with Crippen LogP contribution >= 0.6 is 15.8 Å². The summed E-state index contributed by atoms with van der Waals surface area (Å²) < 4.78 is 35.8. The summed E-state index contributed by atoms with van der Waals surface area (Å²) in [5, 5.41) is 7.61. The van der Waals surface area contributed by atoms with E-state index in [1.165, 1.54) is 76.3 Å². The van der Waals surface area contributed by atoms with Crippen LogP contribution in [0, 0.1) is 61.3 Å². The zero-order chi connectivity index (χ0) is 53.3. The maximum Gasteiger partial charge on any atom is 2.00 e. The molecule has 8 aromatic carbocycles. The summed E-state index contributed by atoms with van der Waals surface area (Å²) >= 11 is 0. The van der Waals surface area contributed by atoms with E-state index in [9.17, 15) is 0 Å². The van der Waals surface area contributed by atoms with Crippen LogP contribution in [0.5, 0.6) is 34.5 Å². The zero-order valence-electron chi connectivity index (χ0n) is 46.5. The van der Waals surface area contributed by atoms with Crippen molar-refractivity contribution < 1.29 is 72.7 Å². The second-order valence-electron chi connectivity index (χ2n) is 20.5. The van der Waals surface area contributed by atoms with Gasteiger partial charge < -0.3 is 64.7 Å². The monoisotopic (exact) mass is 1210 g/mol.